The predicted molar refractivity (Wildman–Crippen MR) is 116 cm³/mol. The van der Waals surface area contributed by atoms with Crippen molar-refractivity contribution in [2.24, 2.45) is 0 Å². The summed E-state index contributed by atoms with van der Waals surface area (Å²) < 4.78 is 10.7. The first-order chi connectivity index (χ1) is 16.0. The van der Waals surface area contributed by atoms with Gasteiger partial charge in [-0.2, -0.15) is 0 Å². The number of anilines is 1. The van der Waals surface area contributed by atoms with Crippen molar-refractivity contribution < 1.29 is 24.0 Å². The zero-order chi connectivity index (χ0) is 22.9. The van der Waals surface area contributed by atoms with E-state index in [9.17, 15) is 19.7 Å². The van der Waals surface area contributed by atoms with E-state index >= 15 is 0 Å². The van der Waals surface area contributed by atoms with Crippen molar-refractivity contribution >= 4 is 28.8 Å². The molecular weight excluding hydrogens is 428 g/mol. The van der Waals surface area contributed by atoms with Gasteiger partial charge in [-0.1, -0.05) is 6.07 Å². The van der Waals surface area contributed by atoms with Gasteiger partial charge in [-0.25, -0.2) is 0 Å². The molecule has 0 saturated carbocycles. The van der Waals surface area contributed by atoms with E-state index < -0.39 is 16.7 Å². The van der Waals surface area contributed by atoms with Crippen LogP contribution >= 0.6 is 0 Å². The molecule has 1 N–H and O–H groups in total. The molecular formula is C23H16N4O6. The van der Waals surface area contributed by atoms with Crippen LogP contribution in [0.3, 0.4) is 0 Å². The molecule has 0 saturated heterocycles. The van der Waals surface area contributed by atoms with Crippen molar-refractivity contribution in [3.8, 4) is 11.5 Å². The summed E-state index contributed by atoms with van der Waals surface area (Å²) in [6.07, 6.45) is 1.58. The van der Waals surface area contributed by atoms with Gasteiger partial charge in [0.25, 0.3) is 17.5 Å². The number of carbonyl (C=O) groups excluding carboxylic acids is 2. The summed E-state index contributed by atoms with van der Waals surface area (Å²) >= 11 is 0. The molecule has 2 aliphatic heterocycles. The van der Waals surface area contributed by atoms with E-state index in [1.54, 1.807) is 42.6 Å². The Morgan fingerprint density at radius 2 is 1.79 bits per heavy atom. The molecule has 10 heteroatoms. The van der Waals surface area contributed by atoms with Crippen LogP contribution in [-0.2, 0) is 16.1 Å². The number of rotatable bonds is 6. The number of amides is 2. The maximum absolute atomic E-state index is 13.3. The fourth-order valence-electron chi connectivity index (χ4n) is 3.63. The van der Waals surface area contributed by atoms with Crippen LogP contribution in [0.15, 0.2) is 72.6 Å². The Hall–Kier alpha value is -4.73. The normalized spacial score (nSPS) is 14.7. The largest absolute Gasteiger partial charge is 0.454 e. The highest BCUT2D eigenvalue weighted by Crippen LogP contribution is 2.37. The maximum atomic E-state index is 13.3. The fraction of sp³-hybridized carbons (Fsp3) is 0.0870. The number of benzene rings is 2. The molecule has 0 unspecified atom stereocenters. The van der Waals surface area contributed by atoms with E-state index in [0.717, 1.165) is 4.90 Å². The lowest BCUT2D eigenvalue weighted by Crippen LogP contribution is -2.32. The number of pyridine rings is 1. The number of fused-ring (bicyclic) bond motifs is 1. The molecule has 10 nitrogen and oxygen atoms in total. The molecule has 0 aliphatic carbocycles. The second-order valence-electron chi connectivity index (χ2n) is 7.26. The van der Waals surface area contributed by atoms with Crippen LogP contribution < -0.4 is 14.8 Å². The Labute approximate surface area is 187 Å². The van der Waals surface area contributed by atoms with Crippen molar-refractivity contribution in [1.82, 2.24) is 9.88 Å². The molecule has 1 aromatic heterocycles. The van der Waals surface area contributed by atoms with Crippen LogP contribution in [0, 0.1) is 10.1 Å². The van der Waals surface area contributed by atoms with Gasteiger partial charge < -0.3 is 14.8 Å². The summed E-state index contributed by atoms with van der Waals surface area (Å²) in [4.78, 5) is 42.4. The predicted octanol–water partition coefficient (Wildman–Crippen LogP) is 3.11. The van der Waals surface area contributed by atoms with Crippen LogP contribution in [0.2, 0.25) is 0 Å². The Morgan fingerprint density at radius 3 is 2.52 bits per heavy atom. The van der Waals surface area contributed by atoms with Crippen LogP contribution in [0.4, 0.5) is 11.4 Å². The van der Waals surface area contributed by atoms with Crippen molar-refractivity contribution in [1.29, 1.82) is 0 Å². The number of nitrogens with zero attached hydrogens (tertiary/aromatic N) is 3. The van der Waals surface area contributed by atoms with Gasteiger partial charge in [0.15, 0.2) is 11.5 Å². The molecule has 3 aromatic rings. The van der Waals surface area contributed by atoms with Gasteiger partial charge in [-0.15, -0.1) is 0 Å². The van der Waals surface area contributed by atoms with E-state index in [2.05, 4.69) is 10.3 Å². The summed E-state index contributed by atoms with van der Waals surface area (Å²) in [5.41, 5.74) is 1.51. The average molecular weight is 444 g/mol. The van der Waals surface area contributed by atoms with Crippen molar-refractivity contribution in [3.63, 3.8) is 0 Å². The number of carbonyl (C=O) groups is 2. The molecule has 2 aromatic carbocycles. The topological polar surface area (TPSA) is 124 Å². The van der Waals surface area contributed by atoms with Gasteiger partial charge in [-0.3, -0.25) is 29.6 Å². The second kappa shape index (κ2) is 8.08. The SMILES string of the molecule is O=C1C(Nc2ccc3c(c2)OCO3)=C(c2ccc([N+](=O)[O-])cc2)C(=O)N1Cc1ccccn1. The zero-order valence-corrected chi connectivity index (χ0v) is 17.1. The lowest BCUT2D eigenvalue weighted by atomic mass is 10.0. The van der Waals surface area contributed by atoms with Gasteiger partial charge in [0, 0.05) is 30.1 Å². The third-order valence-corrected chi connectivity index (χ3v) is 5.22. The summed E-state index contributed by atoms with van der Waals surface area (Å²) in [7, 11) is 0. The molecule has 5 rings (SSSR count). The average Bonchev–Trinajstić information content (AvgIpc) is 3.38. The third kappa shape index (κ3) is 3.74. The number of hydrogen-bond donors (Lipinski definition) is 1. The van der Waals surface area contributed by atoms with Gasteiger partial charge in [0.2, 0.25) is 6.79 Å². The third-order valence-electron chi connectivity index (χ3n) is 5.22. The van der Waals surface area contributed by atoms with E-state index in [1.165, 1.54) is 24.3 Å². The molecule has 0 bridgehead atoms. The highest BCUT2D eigenvalue weighted by atomic mass is 16.7. The molecule has 2 amide bonds. The fourth-order valence-corrected chi connectivity index (χ4v) is 3.63. The smallest absolute Gasteiger partial charge is 0.278 e. The highest BCUT2D eigenvalue weighted by molar-refractivity contribution is 6.36. The second-order valence-corrected chi connectivity index (χ2v) is 7.26. The number of hydrogen-bond acceptors (Lipinski definition) is 8. The first-order valence-electron chi connectivity index (χ1n) is 9.93. The molecule has 33 heavy (non-hydrogen) atoms. The quantitative estimate of drug-likeness (QED) is 0.349. The van der Waals surface area contributed by atoms with Crippen molar-refractivity contribution in [2.75, 3.05) is 12.1 Å². The van der Waals surface area contributed by atoms with Crippen LogP contribution in [-0.4, -0.2) is 33.4 Å². The number of non-ortho nitro benzene ring substituents is 1. The van der Waals surface area contributed by atoms with Crippen LogP contribution in [0.25, 0.3) is 5.57 Å². The number of nitrogens with one attached hydrogen (secondary N) is 1. The molecule has 0 fully saturated rings. The Morgan fingerprint density at radius 1 is 1.00 bits per heavy atom. The minimum atomic E-state index is -0.531. The van der Waals surface area contributed by atoms with Crippen LogP contribution in [0.1, 0.15) is 11.3 Å². The molecule has 0 atom stereocenters. The highest BCUT2D eigenvalue weighted by Gasteiger charge is 2.39. The number of aromatic nitrogens is 1. The van der Waals surface area contributed by atoms with Crippen molar-refractivity contribution in [2.45, 2.75) is 6.54 Å². The summed E-state index contributed by atoms with van der Waals surface area (Å²) in [5.74, 6) is 0.0368. The minimum Gasteiger partial charge on any atom is -0.454 e. The van der Waals surface area contributed by atoms with Gasteiger partial charge in [-0.05, 0) is 42.0 Å². The standard InChI is InChI=1S/C23H16N4O6/c28-22-20(14-4-7-17(8-5-14)27(30)31)21(23(29)26(22)12-16-3-1-2-10-24-16)25-15-6-9-18-19(11-15)33-13-32-18/h1-11,25H,12-13H2. The minimum absolute atomic E-state index is 0.0126. The van der Waals surface area contributed by atoms with Crippen LogP contribution in [0.5, 0.6) is 11.5 Å². The Balaban J connectivity index is 1.54. The molecule has 0 spiro atoms. The Bertz CT molecular complexity index is 1300. The van der Waals surface area contributed by atoms with E-state index in [4.69, 9.17) is 9.47 Å². The molecule has 2 aliphatic rings. The summed E-state index contributed by atoms with van der Waals surface area (Å²) in [5, 5.41) is 14.1. The van der Waals surface area contributed by atoms with E-state index in [0.29, 0.717) is 28.4 Å². The van der Waals surface area contributed by atoms with E-state index in [-0.39, 0.29) is 30.3 Å². The lowest BCUT2D eigenvalue weighted by molar-refractivity contribution is -0.384. The summed E-state index contributed by atoms with van der Waals surface area (Å²) in [6.45, 7) is 0.0894. The maximum Gasteiger partial charge on any atom is 0.278 e. The van der Waals surface area contributed by atoms with Gasteiger partial charge in [0.1, 0.15) is 5.70 Å². The van der Waals surface area contributed by atoms with Gasteiger partial charge in [0.05, 0.1) is 22.7 Å². The number of nitro groups is 1. The van der Waals surface area contributed by atoms with Gasteiger partial charge >= 0.3 is 0 Å². The van der Waals surface area contributed by atoms with E-state index in [1.807, 2.05) is 0 Å². The lowest BCUT2D eigenvalue weighted by Gasteiger charge is -2.14. The molecule has 164 valence electrons. The monoisotopic (exact) mass is 444 g/mol. The summed E-state index contributed by atoms with van der Waals surface area (Å²) in [6, 6.07) is 15.8. The number of imide groups is 1. The molecule has 3 heterocycles. The first-order valence-corrected chi connectivity index (χ1v) is 9.93. The molecule has 0 radical (unpaired) electrons. The number of ether oxygens (including phenoxy) is 2. The number of nitro benzene ring substituents is 1. The zero-order valence-electron chi connectivity index (χ0n) is 17.1. The Kier molecular flexibility index (Phi) is 4.94. The van der Waals surface area contributed by atoms with Crippen molar-refractivity contribution in [3.05, 3.63) is 93.9 Å². The first kappa shape index (κ1) is 20.2.